The van der Waals surface area contributed by atoms with Crippen LogP contribution in [0.5, 0.6) is 0 Å². The molecule has 5 heteroatoms. The minimum Gasteiger partial charge on any atom is -0.464 e. The molecule has 2 heterocycles. The molecule has 0 radical (unpaired) electrons. The van der Waals surface area contributed by atoms with Crippen molar-refractivity contribution in [1.82, 2.24) is 9.97 Å². The molecular weight excluding hydrogens is 220 g/mol. The molecule has 0 atom stereocenters. The molecule has 0 amide bonds. The number of ether oxygens (including phenoxy) is 1. The number of nitrogens with zero attached hydrogens (tertiary/aromatic N) is 2. The number of rotatable bonds is 2. The number of aromatic nitrogens is 2. The lowest BCUT2D eigenvalue weighted by atomic mass is 10.1. The van der Waals surface area contributed by atoms with E-state index in [4.69, 9.17) is 4.42 Å². The average molecular weight is 232 g/mol. The molecule has 0 bridgehead atoms. The highest BCUT2D eigenvalue weighted by Gasteiger charge is 2.42. The van der Waals surface area contributed by atoms with Gasteiger partial charge < -0.3 is 9.15 Å². The molecule has 0 aromatic carbocycles. The van der Waals surface area contributed by atoms with Gasteiger partial charge in [-0.15, -0.1) is 0 Å². The number of hydrogen-bond acceptors (Lipinski definition) is 5. The van der Waals surface area contributed by atoms with E-state index < -0.39 is 5.97 Å². The van der Waals surface area contributed by atoms with E-state index in [9.17, 15) is 4.79 Å². The lowest BCUT2D eigenvalue weighted by molar-refractivity contribution is 0.0594. The van der Waals surface area contributed by atoms with Gasteiger partial charge in [0, 0.05) is 11.5 Å². The van der Waals surface area contributed by atoms with Gasteiger partial charge >= 0.3 is 5.97 Å². The Labute approximate surface area is 97.8 Å². The number of fused-ring (bicyclic) bond motifs is 1. The van der Waals surface area contributed by atoms with Crippen molar-refractivity contribution in [2.24, 2.45) is 0 Å². The molecule has 88 valence electrons. The predicted molar refractivity (Wildman–Crippen MR) is 59.7 cm³/mol. The van der Waals surface area contributed by atoms with Crippen molar-refractivity contribution in [3.8, 4) is 0 Å². The Morgan fingerprint density at radius 3 is 2.94 bits per heavy atom. The van der Waals surface area contributed by atoms with Crippen LogP contribution in [0.2, 0.25) is 0 Å². The first-order valence-corrected chi connectivity index (χ1v) is 5.48. The normalized spacial score (nSPS) is 17.1. The van der Waals surface area contributed by atoms with Crippen molar-refractivity contribution in [1.29, 1.82) is 0 Å². The van der Waals surface area contributed by atoms with Gasteiger partial charge in [0.2, 0.25) is 5.71 Å². The summed E-state index contributed by atoms with van der Waals surface area (Å²) in [5, 5.41) is 0. The molecule has 1 saturated carbocycles. The van der Waals surface area contributed by atoms with E-state index in [2.05, 4.69) is 21.6 Å². The van der Waals surface area contributed by atoms with Crippen molar-refractivity contribution in [3.05, 3.63) is 23.7 Å². The molecule has 2 aromatic heterocycles. The predicted octanol–water partition coefficient (Wildman–Crippen LogP) is 2.06. The molecule has 0 saturated heterocycles. The van der Waals surface area contributed by atoms with Gasteiger partial charge in [-0.2, -0.15) is 0 Å². The van der Waals surface area contributed by atoms with Gasteiger partial charge in [-0.1, -0.05) is 6.92 Å². The lowest BCUT2D eigenvalue weighted by Crippen LogP contribution is -2.04. The van der Waals surface area contributed by atoms with Crippen LogP contribution in [-0.4, -0.2) is 23.0 Å². The van der Waals surface area contributed by atoms with Crippen molar-refractivity contribution in [3.63, 3.8) is 0 Å². The second-order valence-electron chi connectivity index (χ2n) is 4.61. The number of carbonyl (C=O) groups is 1. The zero-order chi connectivity index (χ0) is 12.0. The summed E-state index contributed by atoms with van der Waals surface area (Å²) in [7, 11) is 1.32. The van der Waals surface area contributed by atoms with E-state index in [1.807, 2.05) is 6.07 Å². The van der Waals surface area contributed by atoms with Crippen LogP contribution in [-0.2, 0) is 10.2 Å². The fourth-order valence-electron chi connectivity index (χ4n) is 1.76. The highest BCUT2D eigenvalue weighted by molar-refractivity contribution is 5.88. The zero-order valence-electron chi connectivity index (χ0n) is 9.69. The standard InChI is InChI=1S/C12H12N2O3/c1-12(3-4-12)9-5-7-10(17-9)13-6-8(14-7)11(15)16-2/h5-6H,3-4H2,1-2H3. The molecule has 2 aromatic rings. The quantitative estimate of drug-likeness (QED) is 0.741. The van der Waals surface area contributed by atoms with Crippen molar-refractivity contribution in [2.45, 2.75) is 25.2 Å². The highest BCUT2D eigenvalue weighted by Crippen LogP contribution is 2.48. The SMILES string of the molecule is COC(=O)c1cnc2oc(C3(C)CC3)cc2n1. The molecular formula is C12H12N2O3. The van der Waals surface area contributed by atoms with Gasteiger partial charge in [0.15, 0.2) is 5.69 Å². The summed E-state index contributed by atoms with van der Waals surface area (Å²) in [4.78, 5) is 19.6. The Balaban J connectivity index is 2.07. The van der Waals surface area contributed by atoms with Crippen LogP contribution < -0.4 is 0 Å². The Bertz CT molecular complexity index is 599. The fourth-order valence-corrected chi connectivity index (χ4v) is 1.76. The third-order valence-corrected chi connectivity index (χ3v) is 3.23. The van der Waals surface area contributed by atoms with Crippen LogP contribution in [0.4, 0.5) is 0 Å². The van der Waals surface area contributed by atoms with Crippen molar-refractivity contribution in [2.75, 3.05) is 7.11 Å². The van der Waals surface area contributed by atoms with Crippen LogP contribution in [0.3, 0.4) is 0 Å². The van der Waals surface area contributed by atoms with Crippen LogP contribution in [0.15, 0.2) is 16.7 Å². The van der Waals surface area contributed by atoms with Crippen LogP contribution in [0.1, 0.15) is 36.0 Å². The summed E-state index contributed by atoms with van der Waals surface area (Å²) in [5.74, 6) is 0.411. The maximum atomic E-state index is 11.3. The Kier molecular flexibility index (Phi) is 1.98. The smallest absolute Gasteiger partial charge is 0.358 e. The summed E-state index contributed by atoms with van der Waals surface area (Å²) in [6, 6.07) is 1.86. The summed E-state index contributed by atoms with van der Waals surface area (Å²) in [5.41, 5.74) is 1.42. The van der Waals surface area contributed by atoms with E-state index >= 15 is 0 Å². The summed E-state index contributed by atoms with van der Waals surface area (Å²) >= 11 is 0. The number of carbonyl (C=O) groups excluding carboxylic acids is 1. The van der Waals surface area contributed by atoms with E-state index in [1.165, 1.54) is 13.3 Å². The number of hydrogen-bond donors (Lipinski definition) is 0. The summed E-state index contributed by atoms with van der Waals surface area (Å²) in [6.07, 6.45) is 3.62. The molecule has 0 N–H and O–H groups in total. The van der Waals surface area contributed by atoms with E-state index in [-0.39, 0.29) is 11.1 Å². The highest BCUT2D eigenvalue weighted by atomic mass is 16.5. The Morgan fingerprint density at radius 2 is 2.29 bits per heavy atom. The topological polar surface area (TPSA) is 65.2 Å². The molecule has 5 nitrogen and oxygen atoms in total. The Hall–Kier alpha value is -1.91. The van der Waals surface area contributed by atoms with Crippen LogP contribution in [0, 0.1) is 0 Å². The molecule has 0 aliphatic heterocycles. The number of methoxy groups -OCH3 is 1. The second-order valence-corrected chi connectivity index (χ2v) is 4.61. The summed E-state index contributed by atoms with van der Waals surface area (Å²) < 4.78 is 10.2. The molecule has 1 aliphatic rings. The maximum absolute atomic E-state index is 11.3. The first kappa shape index (κ1) is 10.3. The van der Waals surface area contributed by atoms with Gasteiger partial charge in [-0.25, -0.2) is 14.8 Å². The van der Waals surface area contributed by atoms with E-state index in [0.717, 1.165) is 18.6 Å². The molecule has 3 rings (SSSR count). The average Bonchev–Trinajstić information content (AvgIpc) is 2.94. The van der Waals surface area contributed by atoms with Crippen molar-refractivity contribution >= 4 is 17.2 Å². The monoisotopic (exact) mass is 232 g/mol. The zero-order valence-corrected chi connectivity index (χ0v) is 9.69. The third-order valence-electron chi connectivity index (χ3n) is 3.23. The third kappa shape index (κ3) is 1.58. The number of furan rings is 1. The minimum absolute atomic E-state index is 0.133. The van der Waals surface area contributed by atoms with Crippen molar-refractivity contribution < 1.29 is 13.9 Å². The van der Waals surface area contributed by atoms with E-state index in [1.54, 1.807) is 0 Å². The van der Waals surface area contributed by atoms with Crippen LogP contribution in [0.25, 0.3) is 11.2 Å². The largest absolute Gasteiger partial charge is 0.464 e. The molecule has 0 spiro atoms. The second kappa shape index (κ2) is 3.29. The molecule has 1 fully saturated rings. The molecule has 17 heavy (non-hydrogen) atoms. The Morgan fingerprint density at radius 1 is 1.53 bits per heavy atom. The summed E-state index contributed by atoms with van der Waals surface area (Å²) in [6.45, 7) is 2.14. The lowest BCUT2D eigenvalue weighted by Gasteiger charge is -1.99. The maximum Gasteiger partial charge on any atom is 0.358 e. The number of esters is 1. The van der Waals surface area contributed by atoms with Crippen LogP contribution >= 0.6 is 0 Å². The minimum atomic E-state index is -0.486. The van der Waals surface area contributed by atoms with E-state index in [0.29, 0.717) is 11.2 Å². The first-order chi connectivity index (χ1) is 8.12. The molecule has 1 aliphatic carbocycles. The van der Waals surface area contributed by atoms with Gasteiger partial charge in [0.1, 0.15) is 11.3 Å². The van der Waals surface area contributed by atoms with Gasteiger partial charge in [0.25, 0.3) is 0 Å². The van der Waals surface area contributed by atoms with Gasteiger partial charge in [-0.3, -0.25) is 0 Å². The first-order valence-electron chi connectivity index (χ1n) is 5.48. The fraction of sp³-hybridized carbons (Fsp3) is 0.417. The van der Waals surface area contributed by atoms with Gasteiger partial charge in [0.05, 0.1) is 13.3 Å². The molecule has 0 unspecified atom stereocenters. The van der Waals surface area contributed by atoms with Gasteiger partial charge in [-0.05, 0) is 12.8 Å².